The summed E-state index contributed by atoms with van der Waals surface area (Å²) in [6.07, 6.45) is 3.17. The van der Waals surface area contributed by atoms with Crippen LogP contribution in [0.2, 0.25) is 0 Å². The van der Waals surface area contributed by atoms with Gasteiger partial charge in [0.25, 0.3) is 0 Å². The summed E-state index contributed by atoms with van der Waals surface area (Å²) < 4.78 is 23.2. The molecule has 2 rings (SSSR count). The molecule has 6 heteroatoms. The van der Waals surface area contributed by atoms with Crippen LogP contribution in [0, 0.1) is 0 Å². The monoisotopic (exact) mass is 418 g/mol. The standard InChI is InChI=1S/C23H31O5P/c1-2-3-17-22(23(24)27-19-21-15-8-5-9-16-21)28-29(25,26)18-11-10-14-20-12-6-4-7-13-20/h4-9,12-13,15-16,22H,2-3,10-11,14,17-19H2,1H3,(H,25,26)/t22-/m0/s1. The minimum absolute atomic E-state index is 0.0361. The minimum atomic E-state index is -3.86. The molecule has 158 valence electrons. The number of aryl methyl sites for hydroxylation is 1. The lowest BCUT2D eigenvalue weighted by molar-refractivity contribution is -0.154. The Morgan fingerprint density at radius 3 is 2.21 bits per heavy atom. The van der Waals surface area contributed by atoms with Gasteiger partial charge in [0.15, 0.2) is 6.10 Å². The van der Waals surface area contributed by atoms with Crippen molar-refractivity contribution in [1.82, 2.24) is 0 Å². The number of benzene rings is 2. The Kier molecular flexibility index (Phi) is 10.1. The molecule has 0 aliphatic heterocycles. The molecule has 2 aromatic carbocycles. The summed E-state index contributed by atoms with van der Waals surface area (Å²) in [6, 6.07) is 19.3. The summed E-state index contributed by atoms with van der Waals surface area (Å²) in [5, 5.41) is 0. The first-order chi connectivity index (χ1) is 14.0. The van der Waals surface area contributed by atoms with Crippen molar-refractivity contribution in [3.63, 3.8) is 0 Å². The van der Waals surface area contributed by atoms with E-state index in [9.17, 15) is 14.3 Å². The fourth-order valence-electron chi connectivity index (χ4n) is 2.96. The fourth-order valence-corrected chi connectivity index (χ4v) is 4.28. The van der Waals surface area contributed by atoms with Crippen molar-refractivity contribution in [3.8, 4) is 0 Å². The number of esters is 1. The van der Waals surface area contributed by atoms with Gasteiger partial charge in [0, 0.05) is 0 Å². The van der Waals surface area contributed by atoms with Crippen LogP contribution in [0.4, 0.5) is 0 Å². The third kappa shape index (κ3) is 9.40. The van der Waals surface area contributed by atoms with Crippen LogP contribution >= 0.6 is 7.60 Å². The molecule has 0 radical (unpaired) electrons. The highest BCUT2D eigenvalue weighted by molar-refractivity contribution is 7.52. The molecule has 5 nitrogen and oxygen atoms in total. The van der Waals surface area contributed by atoms with Gasteiger partial charge < -0.3 is 9.63 Å². The molecule has 0 saturated carbocycles. The van der Waals surface area contributed by atoms with Gasteiger partial charge in [-0.05, 0) is 36.8 Å². The number of carbonyl (C=O) groups is 1. The second kappa shape index (κ2) is 12.6. The van der Waals surface area contributed by atoms with Crippen LogP contribution in [0.15, 0.2) is 60.7 Å². The van der Waals surface area contributed by atoms with E-state index in [1.54, 1.807) is 0 Å². The van der Waals surface area contributed by atoms with Crippen LogP contribution in [0.1, 0.15) is 50.2 Å². The van der Waals surface area contributed by atoms with Gasteiger partial charge in [0.2, 0.25) is 0 Å². The summed E-state index contributed by atoms with van der Waals surface area (Å²) >= 11 is 0. The Labute approximate surface area is 173 Å². The molecular weight excluding hydrogens is 387 g/mol. The average molecular weight is 418 g/mol. The van der Waals surface area contributed by atoms with Crippen molar-refractivity contribution in [2.45, 2.75) is 58.2 Å². The molecule has 0 aromatic heterocycles. The average Bonchev–Trinajstić information content (AvgIpc) is 2.74. The number of unbranched alkanes of at least 4 members (excludes halogenated alkanes) is 2. The molecule has 2 atom stereocenters. The molecule has 0 aliphatic carbocycles. The van der Waals surface area contributed by atoms with Crippen molar-refractivity contribution < 1.29 is 23.5 Å². The normalized spacial score (nSPS) is 14.1. The van der Waals surface area contributed by atoms with E-state index in [4.69, 9.17) is 9.26 Å². The quantitative estimate of drug-likeness (QED) is 0.264. The van der Waals surface area contributed by atoms with E-state index in [1.165, 1.54) is 5.56 Å². The molecule has 0 fully saturated rings. The maximum Gasteiger partial charge on any atom is 0.336 e. The lowest BCUT2D eigenvalue weighted by Crippen LogP contribution is -2.26. The molecule has 2 aromatic rings. The van der Waals surface area contributed by atoms with Crippen molar-refractivity contribution >= 4 is 13.6 Å². The Morgan fingerprint density at radius 2 is 1.59 bits per heavy atom. The second-order valence-electron chi connectivity index (χ2n) is 7.13. The SMILES string of the molecule is CCCC[C@H](OP(=O)(O)CCCCc1ccccc1)C(=O)OCc1ccccc1. The Balaban J connectivity index is 1.82. The fraction of sp³-hybridized carbons (Fsp3) is 0.435. The zero-order valence-corrected chi connectivity index (χ0v) is 17.9. The summed E-state index contributed by atoms with van der Waals surface area (Å²) in [7, 11) is -3.86. The zero-order valence-electron chi connectivity index (χ0n) is 17.0. The van der Waals surface area contributed by atoms with Gasteiger partial charge in [0.05, 0.1) is 6.16 Å². The molecule has 0 amide bonds. The summed E-state index contributed by atoms with van der Waals surface area (Å²) in [4.78, 5) is 22.7. The number of rotatable bonds is 13. The van der Waals surface area contributed by atoms with Crippen LogP contribution in [-0.4, -0.2) is 23.1 Å². The van der Waals surface area contributed by atoms with E-state index in [-0.39, 0.29) is 12.8 Å². The van der Waals surface area contributed by atoms with Gasteiger partial charge in [-0.2, -0.15) is 0 Å². The minimum Gasteiger partial charge on any atom is -0.459 e. The summed E-state index contributed by atoms with van der Waals surface area (Å²) in [6.45, 7) is 2.12. The van der Waals surface area contributed by atoms with Gasteiger partial charge in [-0.15, -0.1) is 0 Å². The van der Waals surface area contributed by atoms with Gasteiger partial charge in [0.1, 0.15) is 6.61 Å². The molecular formula is C23H31O5P. The maximum absolute atomic E-state index is 12.5. The highest BCUT2D eigenvalue weighted by atomic mass is 31.2. The predicted molar refractivity (Wildman–Crippen MR) is 115 cm³/mol. The largest absolute Gasteiger partial charge is 0.459 e. The number of hydrogen-bond donors (Lipinski definition) is 1. The number of hydrogen-bond acceptors (Lipinski definition) is 4. The lowest BCUT2D eigenvalue weighted by atomic mass is 10.1. The number of carbonyl (C=O) groups excluding carboxylic acids is 1. The van der Waals surface area contributed by atoms with Crippen LogP contribution < -0.4 is 0 Å². The smallest absolute Gasteiger partial charge is 0.336 e. The third-order valence-corrected chi connectivity index (χ3v) is 6.06. The number of ether oxygens (including phenoxy) is 1. The Bertz CT molecular complexity index is 763. The van der Waals surface area contributed by atoms with E-state index in [0.717, 1.165) is 31.2 Å². The van der Waals surface area contributed by atoms with Crippen molar-refractivity contribution in [3.05, 3.63) is 71.8 Å². The molecule has 29 heavy (non-hydrogen) atoms. The Hall–Kier alpha value is -1.94. The van der Waals surface area contributed by atoms with Gasteiger partial charge >= 0.3 is 13.6 Å². The van der Waals surface area contributed by atoms with Crippen LogP contribution in [-0.2, 0) is 31.6 Å². The lowest BCUT2D eigenvalue weighted by Gasteiger charge is -2.20. The van der Waals surface area contributed by atoms with Gasteiger partial charge in [-0.3, -0.25) is 9.09 Å². The molecule has 1 N–H and O–H groups in total. The first kappa shape index (κ1) is 23.3. The van der Waals surface area contributed by atoms with E-state index in [1.807, 2.05) is 67.6 Å². The summed E-state index contributed by atoms with van der Waals surface area (Å²) in [5.41, 5.74) is 2.06. The summed E-state index contributed by atoms with van der Waals surface area (Å²) in [5.74, 6) is -0.583. The Morgan fingerprint density at radius 1 is 0.966 bits per heavy atom. The van der Waals surface area contributed by atoms with E-state index >= 15 is 0 Å². The molecule has 0 saturated heterocycles. The van der Waals surface area contributed by atoms with Gasteiger partial charge in [-0.1, -0.05) is 80.4 Å². The molecule has 0 spiro atoms. The highest BCUT2D eigenvalue weighted by Gasteiger charge is 2.30. The maximum atomic E-state index is 12.5. The molecule has 0 heterocycles. The van der Waals surface area contributed by atoms with Crippen molar-refractivity contribution in [2.24, 2.45) is 0 Å². The topological polar surface area (TPSA) is 72.8 Å². The zero-order chi connectivity index (χ0) is 21.0. The van der Waals surface area contributed by atoms with Gasteiger partial charge in [-0.25, -0.2) is 4.79 Å². The van der Waals surface area contributed by atoms with E-state index in [2.05, 4.69) is 0 Å². The van der Waals surface area contributed by atoms with Crippen molar-refractivity contribution in [2.75, 3.05) is 6.16 Å². The van der Waals surface area contributed by atoms with Crippen LogP contribution in [0.3, 0.4) is 0 Å². The molecule has 0 bridgehead atoms. The second-order valence-corrected chi connectivity index (χ2v) is 9.07. The van der Waals surface area contributed by atoms with Crippen LogP contribution in [0.25, 0.3) is 0 Å². The first-order valence-corrected chi connectivity index (χ1v) is 12.0. The predicted octanol–water partition coefficient (Wildman–Crippen LogP) is 5.51. The van der Waals surface area contributed by atoms with Crippen LogP contribution in [0.5, 0.6) is 0 Å². The van der Waals surface area contributed by atoms with E-state index < -0.39 is 19.7 Å². The third-order valence-electron chi connectivity index (χ3n) is 4.60. The first-order valence-electron chi connectivity index (χ1n) is 10.2. The van der Waals surface area contributed by atoms with E-state index in [0.29, 0.717) is 12.8 Å². The molecule has 1 unspecified atom stereocenters. The van der Waals surface area contributed by atoms with Crippen molar-refractivity contribution in [1.29, 1.82) is 0 Å². The molecule has 0 aliphatic rings. The highest BCUT2D eigenvalue weighted by Crippen LogP contribution is 2.45.